The highest BCUT2D eigenvalue weighted by Gasteiger charge is 2.46. The van der Waals surface area contributed by atoms with Crippen LogP contribution in [0.3, 0.4) is 0 Å². The zero-order valence-corrected chi connectivity index (χ0v) is 7.30. The van der Waals surface area contributed by atoms with Gasteiger partial charge in [0.2, 0.25) is 5.92 Å². The average Bonchev–Trinajstić information content (AvgIpc) is 1.95. The molecule has 1 atom stereocenters. The number of ether oxygens (including phenoxy) is 1. The molecule has 0 aliphatic heterocycles. The number of methoxy groups -OCH3 is 1. The standard InChI is InChI=1S/C8H12F2O3/c1-13-6(7(11)12)2-5-3-8(9,10)4-5/h5-6H,2-4H2,1H3,(H,11,12). The molecule has 0 heterocycles. The molecule has 3 nitrogen and oxygen atoms in total. The van der Waals surface area contributed by atoms with Gasteiger partial charge in [-0.05, 0) is 12.3 Å². The van der Waals surface area contributed by atoms with Crippen LogP contribution in [0.1, 0.15) is 19.3 Å². The summed E-state index contributed by atoms with van der Waals surface area (Å²) < 4.78 is 29.4. The lowest BCUT2D eigenvalue weighted by Gasteiger charge is -2.35. The molecule has 1 aliphatic carbocycles. The van der Waals surface area contributed by atoms with Gasteiger partial charge in [-0.15, -0.1) is 0 Å². The number of carboxylic acids is 1. The largest absolute Gasteiger partial charge is 0.479 e. The number of hydrogen-bond acceptors (Lipinski definition) is 2. The third-order valence-corrected chi connectivity index (χ3v) is 2.28. The first-order chi connectivity index (χ1) is 5.94. The van der Waals surface area contributed by atoms with Crippen LogP contribution < -0.4 is 0 Å². The molecule has 0 aromatic rings. The summed E-state index contributed by atoms with van der Waals surface area (Å²) >= 11 is 0. The van der Waals surface area contributed by atoms with Gasteiger partial charge in [-0.3, -0.25) is 0 Å². The van der Waals surface area contributed by atoms with Crippen LogP contribution in [0, 0.1) is 5.92 Å². The number of alkyl halides is 2. The molecule has 1 rings (SSSR count). The van der Waals surface area contributed by atoms with E-state index in [-0.39, 0.29) is 25.2 Å². The third kappa shape index (κ3) is 2.62. The number of rotatable bonds is 4. The molecule has 0 aromatic heterocycles. The van der Waals surface area contributed by atoms with Gasteiger partial charge in [-0.25, -0.2) is 13.6 Å². The normalized spacial score (nSPS) is 23.6. The van der Waals surface area contributed by atoms with Crippen molar-refractivity contribution in [2.24, 2.45) is 5.92 Å². The van der Waals surface area contributed by atoms with Gasteiger partial charge >= 0.3 is 5.97 Å². The molecule has 0 spiro atoms. The quantitative estimate of drug-likeness (QED) is 0.738. The Morgan fingerprint density at radius 1 is 1.69 bits per heavy atom. The molecule has 76 valence electrons. The summed E-state index contributed by atoms with van der Waals surface area (Å²) in [5.41, 5.74) is 0. The van der Waals surface area contributed by atoms with Crippen LogP contribution in [0.2, 0.25) is 0 Å². The van der Waals surface area contributed by atoms with Gasteiger partial charge in [-0.1, -0.05) is 0 Å². The average molecular weight is 194 g/mol. The first-order valence-corrected chi connectivity index (χ1v) is 4.08. The predicted molar refractivity (Wildman–Crippen MR) is 40.7 cm³/mol. The molecule has 1 saturated carbocycles. The van der Waals surface area contributed by atoms with E-state index in [1.807, 2.05) is 0 Å². The van der Waals surface area contributed by atoms with Crippen LogP contribution >= 0.6 is 0 Å². The molecule has 0 saturated heterocycles. The minimum atomic E-state index is -2.58. The summed E-state index contributed by atoms with van der Waals surface area (Å²) in [4.78, 5) is 10.5. The highest BCUT2D eigenvalue weighted by molar-refractivity contribution is 5.72. The molecule has 0 amide bonds. The smallest absolute Gasteiger partial charge is 0.332 e. The topological polar surface area (TPSA) is 46.5 Å². The lowest BCUT2D eigenvalue weighted by Crippen LogP contribution is -2.39. The van der Waals surface area contributed by atoms with Crippen molar-refractivity contribution in [2.75, 3.05) is 7.11 Å². The van der Waals surface area contributed by atoms with E-state index in [1.165, 1.54) is 7.11 Å². The van der Waals surface area contributed by atoms with E-state index < -0.39 is 18.0 Å². The fourth-order valence-electron chi connectivity index (χ4n) is 1.55. The number of aliphatic carboxylic acids is 1. The maximum Gasteiger partial charge on any atom is 0.332 e. The van der Waals surface area contributed by atoms with E-state index in [2.05, 4.69) is 4.74 Å². The fourth-order valence-corrected chi connectivity index (χ4v) is 1.55. The summed E-state index contributed by atoms with van der Waals surface area (Å²) in [5.74, 6) is -3.88. The van der Waals surface area contributed by atoms with Crippen LogP contribution in [-0.2, 0) is 9.53 Å². The van der Waals surface area contributed by atoms with Crippen molar-refractivity contribution in [3.05, 3.63) is 0 Å². The minimum absolute atomic E-state index is 0.182. The molecule has 5 heteroatoms. The van der Waals surface area contributed by atoms with E-state index in [9.17, 15) is 13.6 Å². The Morgan fingerprint density at radius 3 is 2.54 bits per heavy atom. The van der Waals surface area contributed by atoms with E-state index >= 15 is 0 Å². The van der Waals surface area contributed by atoms with Crippen LogP contribution in [0.4, 0.5) is 8.78 Å². The Hall–Kier alpha value is -0.710. The first kappa shape index (κ1) is 10.4. The van der Waals surface area contributed by atoms with Gasteiger partial charge in [0.25, 0.3) is 0 Å². The highest BCUT2D eigenvalue weighted by Crippen LogP contribution is 2.44. The van der Waals surface area contributed by atoms with Crippen molar-refractivity contribution in [2.45, 2.75) is 31.3 Å². The molecule has 13 heavy (non-hydrogen) atoms. The molecular formula is C8H12F2O3. The van der Waals surface area contributed by atoms with Gasteiger partial charge in [0.1, 0.15) is 0 Å². The number of carboxylic acid groups (broad SMARTS) is 1. The third-order valence-electron chi connectivity index (χ3n) is 2.28. The van der Waals surface area contributed by atoms with Gasteiger partial charge < -0.3 is 9.84 Å². The lowest BCUT2D eigenvalue weighted by molar-refractivity contribution is -0.156. The minimum Gasteiger partial charge on any atom is -0.479 e. The Labute approximate surface area is 74.7 Å². The number of hydrogen-bond donors (Lipinski definition) is 1. The summed E-state index contributed by atoms with van der Waals surface area (Å²) in [6.45, 7) is 0. The lowest BCUT2D eigenvalue weighted by atomic mass is 9.78. The molecule has 0 bridgehead atoms. The molecule has 1 fully saturated rings. The molecule has 1 aliphatic rings. The Kier molecular flexibility index (Phi) is 2.85. The summed E-state index contributed by atoms with van der Waals surface area (Å²) in [6.07, 6.45) is -1.18. The van der Waals surface area contributed by atoms with Crippen molar-refractivity contribution in [1.82, 2.24) is 0 Å². The number of carbonyl (C=O) groups is 1. The summed E-state index contributed by atoms with van der Waals surface area (Å²) in [7, 11) is 1.27. The Bertz CT molecular complexity index is 198. The second-order valence-electron chi connectivity index (χ2n) is 3.43. The van der Waals surface area contributed by atoms with Crippen molar-refractivity contribution >= 4 is 5.97 Å². The zero-order chi connectivity index (χ0) is 10.1. The van der Waals surface area contributed by atoms with Crippen LogP contribution in [-0.4, -0.2) is 30.2 Å². The number of halogens is 2. The van der Waals surface area contributed by atoms with Crippen LogP contribution in [0.5, 0.6) is 0 Å². The van der Waals surface area contributed by atoms with Crippen molar-refractivity contribution < 1.29 is 23.4 Å². The molecule has 0 radical (unpaired) electrons. The monoisotopic (exact) mass is 194 g/mol. The van der Waals surface area contributed by atoms with Gasteiger partial charge in [0, 0.05) is 20.0 Å². The van der Waals surface area contributed by atoms with E-state index in [4.69, 9.17) is 5.11 Å². The fraction of sp³-hybridized carbons (Fsp3) is 0.875. The second kappa shape index (κ2) is 3.57. The van der Waals surface area contributed by atoms with E-state index in [0.29, 0.717) is 0 Å². The molecule has 0 aromatic carbocycles. The Morgan fingerprint density at radius 2 is 2.23 bits per heavy atom. The second-order valence-corrected chi connectivity index (χ2v) is 3.43. The Balaban J connectivity index is 2.30. The highest BCUT2D eigenvalue weighted by atomic mass is 19.3. The van der Waals surface area contributed by atoms with Gasteiger partial charge in [0.05, 0.1) is 0 Å². The van der Waals surface area contributed by atoms with Crippen molar-refractivity contribution in [1.29, 1.82) is 0 Å². The maximum absolute atomic E-state index is 12.4. The van der Waals surface area contributed by atoms with E-state index in [1.54, 1.807) is 0 Å². The summed E-state index contributed by atoms with van der Waals surface area (Å²) in [5, 5.41) is 8.56. The molecule has 1 N–H and O–H groups in total. The van der Waals surface area contributed by atoms with Gasteiger partial charge in [0.15, 0.2) is 6.10 Å². The maximum atomic E-state index is 12.4. The molecular weight excluding hydrogens is 182 g/mol. The SMILES string of the molecule is COC(CC1CC(F)(F)C1)C(=O)O. The summed E-state index contributed by atoms with van der Waals surface area (Å²) in [6, 6.07) is 0. The van der Waals surface area contributed by atoms with Gasteiger partial charge in [-0.2, -0.15) is 0 Å². The zero-order valence-electron chi connectivity index (χ0n) is 7.30. The first-order valence-electron chi connectivity index (χ1n) is 4.08. The molecule has 1 unspecified atom stereocenters. The van der Waals surface area contributed by atoms with Crippen LogP contribution in [0.15, 0.2) is 0 Å². The van der Waals surface area contributed by atoms with Crippen LogP contribution in [0.25, 0.3) is 0 Å². The van der Waals surface area contributed by atoms with Crippen molar-refractivity contribution in [3.63, 3.8) is 0 Å². The van der Waals surface area contributed by atoms with Crippen molar-refractivity contribution in [3.8, 4) is 0 Å². The predicted octanol–water partition coefficient (Wildman–Crippen LogP) is 1.52. The van der Waals surface area contributed by atoms with E-state index in [0.717, 1.165) is 0 Å².